The van der Waals surface area contributed by atoms with Crippen molar-refractivity contribution in [3.8, 4) is 0 Å². The Kier molecular flexibility index (Phi) is 4.42. The van der Waals surface area contributed by atoms with E-state index >= 15 is 0 Å². The fraction of sp³-hybridized carbons (Fsp3) is 0.923. The van der Waals surface area contributed by atoms with Gasteiger partial charge in [-0.1, -0.05) is 19.8 Å². The van der Waals surface area contributed by atoms with Crippen LogP contribution in [0.1, 0.15) is 59.8 Å². The number of rotatable bonds is 3. The van der Waals surface area contributed by atoms with Crippen molar-refractivity contribution in [2.24, 2.45) is 0 Å². The first kappa shape index (κ1) is 14.3. The Morgan fingerprint density at radius 2 is 1.94 bits per heavy atom. The highest BCUT2D eigenvalue weighted by Crippen LogP contribution is 2.33. The summed E-state index contributed by atoms with van der Waals surface area (Å²) in [5, 5.41) is 13.2. The van der Waals surface area contributed by atoms with Gasteiger partial charge < -0.3 is 15.2 Å². The highest BCUT2D eigenvalue weighted by molar-refractivity contribution is 5.68. The smallest absolute Gasteiger partial charge is 0.407 e. The van der Waals surface area contributed by atoms with Crippen molar-refractivity contribution in [3.63, 3.8) is 0 Å². The Hall–Kier alpha value is -0.770. The second kappa shape index (κ2) is 5.25. The van der Waals surface area contributed by atoms with Crippen molar-refractivity contribution in [1.82, 2.24) is 5.32 Å². The van der Waals surface area contributed by atoms with E-state index < -0.39 is 17.3 Å². The van der Waals surface area contributed by atoms with Crippen LogP contribution in [-0.2, 0) is 4.74 Å². The van der Waals surface area contributed by atoms with Crippen molar-refractivity contribution in [2.75, 3.05) is 0 Å². The Morgan fingerprint density at radius 3 is 2.35 bits per heavy atom. The molecule has 1 atom stereocenters. The van der Waals surface area contributed by atoms with Gasteiger partial charge in [-0.3, -0.25) is 0 Å². The quantitative estimate of drug-likeness (QED) is 0.801. The predicted octanol–water partition coefficient (Wildman–Crippen LogP) is 2.59. The van der Waals surface area contributed by atoms with Crippen LogP contribution in [0.2, 0.25) is 0 Å². The molecule has 0 aromatic rings. The van der Waals surface area contributed by atoms with Gasteiger partial charge in [-0.05, 0) is 40.0 Å². The molecule has 0 aromatic carbocycles. The van der Waals surface area contributed by atoms with Crippen LogP contribution in [0.25, 0.3) is 0 Å². The van der Waals surface area contributed by atoms with Crippen LogP contribution in [0.3, 0.4) is 0 Å². The van der Waals surface area contributed by atoms with Crippen LogP contribution < -0.4 is 5.32 Å². The zero-order valence-electron chi connectivity index (χ0n) is 11.4. The van der Waals surface area contributed by atoms with E-state index in [9.17, 15) is 9.90 Å². The Bertz CT molecular complexity index is 264. The summed E-state index contributed by atoms with van der Waals surface area (Å²) in [7, 11) is 0. The summed E-state index contributed by atoms with van der Waals surface area (Å²) in [6, 6.07) is -0.208. The predicted molar refractivity (Wildman–Crippen MR) is 66.9 cm³/mol. The van der Waals surface area contributed by atoms with Crippen LogP contribution >= 0.6 is 0 Å². The highest BCUT2D eigenvalue weighted by atomic mass is 16.6. The summed E-state index contributed by atoms with van der Waals surface area (Å²) < 4.78 is 5.21. The summed E-state index contributed by atoms with van der Waals surface area (Å²) in [6.45, 7) is 7.46. The van der Waals surface area contributed by atoms with Gasteiger partial charge in [0.05, 0.1) is 11.6 Å². The topological polar surface area (TPSA) is 58.6 Å². The average Bonchev–Trinajstić information content (AvgIpc) is 2.59. The molecule has 2 N–H and O–H groups in total. The van der Waals surface area contributed by atoms with Gasteiger partial charge >= 0.3 is 6.09 Å². The van der Waals surface area contributed by atoms with E-state index in [1.54, 1.807) is 0 Å². The molecule has 0 aliphatic heterocycles. The second-order valence-corrected chi connectivity index (χ2v) is 5.92. The Labute approximate surface area is 104 Å². The molecule has 1 aliphatic rings. The van der Waals surface area contributed by atoms with Crippen molar-refractivity contribution in [3.05, 3.63) is 0 Å². The molecule has 0 spiro atoms. The maximum atomic E-state index is 11.7. The molecule has 0 bridgehead atoms. The Balaban J connectivity index is 2.55. The van der Waals surface area contributed by atoms with Crippen LogP contribution in [0.15, 0.2) is 0 Å². The minimum Gasteiger partial charge on any atom is -0.444 e. The minimum absolute atomic E-state index is 0.208. The SMILES string of the molecule is CC[C@H](NC(=O)OC(C)(C)C)C1(O)CCCC1. The number of hydrogen-bond donors (Lipinski definition) is 2. The number of carbonyl (C=O) groups is 1. The average molecular weight is 243 g/mol. The molecule has 0 heterocycles. The largest absolute Gasteiger partial charge is 0.444 e. The number of ether oxygens (including phenoxy) is 1. The van der Waals surface area contributed by atoms with E-state index in [-0.39, 0.29) is 6.04 Å². The third-order valence-corrected chi connectivity index (χ3v) is 3.22. The molecule has 1 aliphatic carbocycles. The van der Waals surface area contributed by atoms with Gasteiger partial charge in [0, 0.05) is 0 Å². The van der Waals surface area contributed by atoms with Crippen molar-refractivity contribution in [2.45, 2.75) is 77.0 Å². The Morgan fingerprint density at radius 1 is 1.41 bits per heavy atom. The summed E-state index contributed by atoms with van der Waals surface area (Å²) >= 11 is 0. The van der Waals surface area contributed by atoms with Gasteiger partial charge in [0.25, 0.3) is 0 Å². The number of alkyl carbamates (subject to hydrolysis) is 1. The van der Waals surface area contributed by atoms with E-state index in [0.29, 0.717) is 0 Å². The molecule has 0 unspecified atom stereocenters. The fourth-order valence-electron chi connectivity index (χ4n) is 2.40. The molecule has 1 rings (SSSR count). The zero-order chi connectivity index (χ0) is 13.1. The van der Waals surface area contributed by atoms with Gasteiger partial charge in [0.1, 0.15) is 5.60 Å². The maximum Gasteiger partial charge on any atom is 0.407 e. The van der Waals surface area contributed by atoms with Gasteiger partial charge in [0.15, 0.2) is 0 Å². The van der Waals surface area contributed by atoms with E-state index in [4.69, 9.17) is 4.74 Å². The number of nitrogens with one attached hydrogen (secondary N) is 1. The van der Waals surface area contributed by atoms with Gasteiger partial charge in [0.2, 0.25) is 0 Å². The maximum absolute atomic E-state index is 11.7. The summed E-state index contributed by atoms with van der Waals surface area (Å²) in [4.78, 5) is 11.7. The van der Waals surface area contributed by atoms with Gasteiger partial charge in [-0.15, -0.1) is 0 Å². The van der Waals surface area contributed by atoms with Crippen LogP contribution in [0.5, 0.6) is 0 Å². The molecule has 0 radical (unpaired) electrons. The molecule has 0 aromatic heterocycles. The third-order valence-electron chi connectivity index (χ3n) is 3.22. The third kappa shape index (κ3) is 4.19. The lowest BCUT2D eigenvalue weighted by atomic mass is 9.90. The zero-order valence-corrected chi connectivity index (χ0v) is 11.4. The standard InChI is InChI=1S/C13H25NO3/c1-5-10(13(16)8-6-7-9-13)14-11(15)17-12(2,3)4/h10,16H,5-9H2,1-4H3,(H,14,15)/t10-/m0/s1. The number of aliphatic hydroxyl groups is 1. The molecule has 100 valence electrons. The molecule has 0 saturated heterocycles. The van der Waals surface area contributed by atoms with Gasteiger partial charge in [-0.2, -0.15) is 0 Å². The lowest BCUT2D eigenvalue weighted by Gasteiger charge is -2.33. The fourth-order valence-corrected chi connectivity index (χ4v) is 2.40. The van der Waals surface area contributed by atoms with Gasteiger partial charge in [-0.25, -0.2) is 4.79 Å². The van der Waals surface area contributed by atoms with E-state index in [0.717, 1.165) is 32.1 Å². The second-order valence-electron chi connectivity index (χ2n) is 5.92. The molecule has 4 heteroatoms. The normalized spacial score (nSPS) is 21.0. The minimum atomic E-state index is -0.744. The molecular formula is C13H25NO3. The van der Waals surface area contributed by atoms with Crippen LogP contribution in [-0.4, -0.2) is 28.4 Å². The van der Waals surface area contributed by atoms with E-state index in [1.165, 1.54) is 0 Å². The van der Waals surface area contributed by atoms with E-state index in [1.807, 2.05) is 27.7 Å². The van der Waals surface area contributed by atoms with Crippen molar-refractivity contribution in [1.29, 1.82) is 0 Å². The van der Waals surface area contributed by atoms with Crippen molar-refractivity contribution < 1.29 is 14.6 Å². The summed E-state index contributed by atoms with van der Waals surface area (Å²) in [5.74, 6) is 0. The highest BCUT2D eigenvalue weighted by Gasteiger charge is 2.39. The molecule has 1 amide bonds. The molecule has 1 fully saturated rings. The lowest BCUT2D eigenvalue weighted by Crippen LogP contribution is -2.51. The van der Waals surface area contributed by atoms with Crippen molar-refractivity contribution >= 4 is 6.09 Å². The molecular weight excluding hydrogens is 218 g/mol. The monoisotopic (exact) mass is 243 g/mol. The first-order valence-electron chi connectivity index (χ1n) is 6.49. The lowest BCUT2D eigenvalue weighted by molar-refractivity contribution is -0.00355. The summed E-state index contributed by atoms with van der Waals surface area (Å²) in [6.07, 6.45) is 3.87. The first-order valence-corrected chi connectivity index (χ1v) is 6.49. The molecule has 4 nitrogen and oxygen atoms in total. The summed E-state index contributed by atoms with van der Waals surface area (Å²) in [5.41, 5.74) is -1.24. The number of carbonyl (C=O) groups excluding carboxylic acids is 1. The van der Waals surface area contributed by atoms with Crippen LogP contribution in [0, 0.1) is 0 Å². The number of amides is 1. The van der Waals surface area contributed by atoms with E-state index in [2.05, 4.69) is 5.32 Å². The van der Waals surface area contributed by atoms with Crippen LogP contribution in [0.4, 0.5) is 4.79 Å². The molecule has 1 saturated carbocycles. The first-order chi connectivity index (χ1) is 7.77. The molecule has 17 heavy (non-hydrogen) atoms. The number of hydrogen-bond acceptors (Lipinski definition) is 3.